The zero-order valence-electron chi connectivity index (χ0n) is 34.8. The van der Waals surface area contributed by atoms with Gasteiger partial charge in [0.25, 0.3) is 0 Å². The van der Waals surface area contributed by atoms with Crippen molar-refractivity contribution in [2.24, 2.45) is 0 Å². The summed E-state index contributed by atoms with van der Waals surface area (Å²) in [5.74, 6) is 0.243. The molecule has 0 bridgehead atoms. The SMILES string of the molecule is C1=CC2c3cc(-c4ccc5c(c4)c4ccc(-c6ccc7c8ccccc8n(-c8ccccc8)c7c6)cc4n5-c4ccccc4)ccc3N(c3ccc4oc5ccccc5c4c3)C2C=C1. The summed E-state index contributed by atoms with van der Waals surface area (Å²) >= 11 is 0. The summed E-state index contributed by atoms with van der Waals surface area (Å²) in [6.07, 6.45) is 9.11. The van der Waals surface area contributed by atoms with Gasteiger partial charge in [-0.3, -0.25) is 0 Å². The summed E-state index contributed by atoms with van der Waals surface area (Å²) in [5, 5.41) is 7.29. The minimum Gasteiger partial charge on any atom is -0.456 e. The first-order valence-corrected chi connectivity index (χ1v) is 22.2. The van der Waals surface area contributed by atoms with E-state index in [1.165, 1.54) is 82.8 Å². The molecule has 0 radical (unpaired) electrons. The largest absolute Gasteiger partial charge is 0.456 e. The molecule has 2 aliphatic rings. The Morgan fingerprint density at radius 3 is 1.67 bits per heavy atom. The van der Waals surface area contributed by atoms with Gasteiger partial charge in [0.1, 0.15) is 11.2 Å². The highest BCUT2D eigenvalue weighted by Gasteiger charge is 2.38. The van der Waals surface area contributed by atoms with Crippen molar-refractivity contribution in [3.05, 3.63) is 230 Å². The van der Waals surface area contributed by atoms with Crippen LogP contribution in [0.15, 0.2) is 229 Å². The number of para-hydroxylation sites is 4. The Hall–Kier alpha value is -8.34. The molecular weight excluding hydrogens is 779 g/mol. The third-order valence-electron chi connectivity index (χ3n) is 13.8. The number of hydrogen-bond acceptors (Lipinski definition) is 2. The summed E-state index contributed by atoms with van der Waals surface area (Å²) in [7, 11) is 0. The highest BCUT2D eigenvalue weighted by Crippen LogP contribution is 2.50. The van der Waals surface area contributed by atoms with Gasteiger partial charge in [0.05, 0.1) is 28.1 Å². The van der Waals surface area contributed by atoms with Crippen LogP contribution in [0.25, 0.3) is 99.2 Å². The van der Waals surface area contributed by atoms with Gasteiger partial charge in [0.15, 0.2) is 0 Å². The van der Waals surface area contributed by atoms with Crippen molar-refractivity contribution in [2.45, 2.75) is 12.0 Å². The van der Waals surface area contributed by atoms with Crippen molar-refractivity contribution in [3.8, 4) is 33.6 Å². The van der Waals surface area contributed by atoms with E-state index in [-0.39, 0.29) is 12.0 Å². The second-order valence-corrected chi connectivity index (χ2v) is 17.3. The first kappa shape index (κ1) is 35.3. The van der Waals surface area contributed by atoms with Gasteiger partial charge in [-0.1, -0.05) is 133 Å². The number of allylic oxidation sites excluding steroid dienone is 2. The van der Waals surface area contributed by atoms with E-state index >= 15 is 0 Å². The minimum absolute atomic E-state index is 0.189. The molecule has 0 saturated heterocycles. The fourth-order valence-electron chi connectivity index (χ4n) is 10.9. The first-order chi connectivity index (χ1) is 31.7. The fourth-order valence-corrected chi connectivity index (χ4v) is 10.9. The third-order valence-corrected chi connectivity index (χ3v) is 13.8. The van der Waals surface area contributed by atoms with Gasteiger partial charge in [0, 0.05) is 61.0 Å². The molecule has 4 heterocycles. The second kappa shape index (κ2) is 13.6. The number of rotatable bonds is 5. The quantitative estimate of drug-likeness (QED) is 0.173. The van der Waals surface area contributed by atoms with Crippen LogP contribution in [-0.2, 0) is 0 Å². The molecule has 1 aliphatic heterocycles. The van der Waals surface area contributed by atoms with E-state index in [0.717, 1.165) is 33.3 Å². The topological polar surface area (TPSA) is 26.2 Å². The van der Waals surface area contributed by atoms with E-state index in [2.05, 4.69) is 232 Å². The summed E-state index contributed by atoms with van der Waals surface area (Å²) in [6.45, 7) is 0. The molecule has 4 nitrogen and oxygen atoms in total. The van der Waals surface area contributed by atoms with Gasteiger partial charge in [0.2, 0.25) is 0 Å². The molecule has 300 valence electrons. The smallest absolute Gasteiger partial charge is 0.135 e. The summed E-state index contributed by atoms with van der Waals surface area (Å²) < 4.78 is 11.0. The first-order valence-electron chi connectivity index (χ1n) is 22.2. The maximum absolute atomic E-state index is 6.22. The summed E-state index contributed by atoms with van der Waals surface area (Å²) in [5.41, 5.74) is 17.5. The standard InChI is InChI=1S/C60H39N3O/c1-3-13-42(14-4-1)61-53-20-10-7-17-45(53)47-28-23-40(35-57(47)61)41-24-29-48-51-34-39(25-30-55(51)62(58(48)36-41)43-15-5-2-6-16-43)38-26-31-56-50(33-38)46-18-8-11-21-54(46)63(56)44-27-32-60-52(37-44)49-19-9-12-22-59(49)64-60/h1-37,46,54H. The lowest BCUT2D eigenvalue weighted by atomic mass is 9.89. The van der Waals surface area contributed by atoms with Crippen molar-refractivity contribution < 1.29 is 4.42 Å². The maximum atomic E-state index is 6.22. The molecule has 4 heteroatoms. The molecule has 64 heavy (non-hydrogen) atoms. The molecule has 12 aromatic rings. The van der Waals surface area contributed by atoms with Crippen LogP contribution in [0.4, 0.5) is 11.4 Å². The molecule has 0 N–H and O–H groups in total. The zero-order chi connectivity index (χ0) is 41.9. The fraction of sp³-hybridized carbons (Fsp3) is 0.0333. The number of furan rings is 1. The van der Waals surface area contributed by atoms with Crippen LogP contribution < -0.4 is 4.90 Å². The molecule has 0 spiro atoms. The van der Waals surface area contributed by atoms with Crippen LogP contribution >= 0.6 is 0 Å². The van der Waals surface area contributed by atoms with E-state index in [1.807, 2.05) is 6.07 Å². The monoisotopic (exact) mass is 817 g/mol. The average molecular weight is 818 g/mol. The predicted molar refractivity (Wildman–Crippen MR) is 267 cm³/mol. The molecule has 3 aromatic heterocycles. The number of benzene rings is 9. The summed E-state index contributed by atoms with van der Waals surface area (Å²) in [4.78, 5) is 2.51. The number of fused-ring (bicyclic) bond motifs is 12. The lowest BCUT2D eigenvalue weighted by Crippen LogP contribution is -2.28. The molecule has 0 amide bonds. The highest BCUT2D eigenvalue weighted by molar-refractivity contribution is 6.13. The number of aromatic nitrogens is 2. The van der Waals surface area contributed by atoms with E-state index in [9.17, 15) is 0 Å². The Balaban J connectivity index is 0.900. The molecular formula is C60H39N3O. The third kappa shape index (κ3) is 5.17. The number of hydrogen-bond donors (Lipinski definition) is 0. The van der Waals surface area contributed by atoms with E-state index in [0.29, 0.717) is 0 Å². The lowest BCUT2D eigenvalue weighted by Gasteiger charge is -2.28. The van der Waals surface area contributed by atoms with E-state index in [1.54, 1.807) is 0 Å². The number of anilines is 2. The van der Waals surface area contributed by atoms with Crippen molar-refractivity contribution in [2.75, 3.05) is 4.90 Å². The Bertz CT molecular complexity index is 3920. The van der Waals surface area contributed by atoms with Crippen LogP contribution in [0.2, 0.25) is 0 Å². The van der Waals surface area contributed by atoms with Gasteiger partial charge in [-0.15, -0.1) is 0 Å². The molecule has 9 aromatic carbocycles. The van der Waals surface area contributed by atoms with Crippen LogP contribution in [0.3, 0.4) is 0 Å². The summed E-state index contributed by atoms with van der Waals surface area (Å²) in [6, 6.07) is 73.4. The zero-order valence-corrected chi connectivity index (χ0v) is 34.8. The van der Waals surface area contributed by atoms with E-state index in [4.69, 9.17) is 4.42 Å². The number of nitrogens with zero attached hydrogens (tertiary/aromatic N) is 3. The molecule has 0 fully saturated rings. The Morgan fingerprint density at radius 2 is 0.906 bits per heavy atom. The molecule has 14 rings (SSSR count). The maximum Gasteiger partial charge on any atom is 0.135 e. The van der Waals surface area contributed by atoms with Gasteiger partial charge in [-0.05, 0) is 119 Å². The second-order valence-electron chi connectivity index (χ2n) is 17.3. The van der Waals surface area contributed by atoms with Crippen LogP contribution in [0.1, 0.15) is 11.5 Å². The molecule has 0 saturated carbocycles. The Morgan fingerprint density at radius 1 is 0.344 bits per heavy atom. The Labute approximate surface area is 369 Å². The highest BCUT2D eigenvalue weighted by atomic mass is 16.3. The minimum atomic E-state index is 0.189. The predicted octanol–water partition coefficient (Wildman–Crippen LogP) is 15.8. The Kier molecular flexibility index (Phi) is 7.48. The normalized spacial score (nSPS) is 15.7. The van der Waals surface area contributed by atoms with Crippen LogP contribution in [0.5, 0.6) is 0 Å². The molecule has 2 atom stereocenters. The molecule has 2 unspecified atom stereocenters. The van der Waals surface area contributed by atoms with Crippen LogP contribution in [0, 0.1) is 0 Å². The van der Waals surface area contributed by atoms with Crippen molar-refractivity contribution in [3.63, 3.8) is 0 Å². The van der Waals surface area contributed by atoms with E-state index < -0.39 is 0 Å². The van der Waals surface area contributed by atoms with Crippen molar-refractivity contribution >= 4 is 76.9 Å². The van der Waals surface area contributed by atoms with Crippen molar-refractivity contribution in [1.29, 1.82) is 0 Å². The lowest BCUT2D eigenvalue weighted by molar-refractivity contribution is 0.669. The van der Waals surface area contributed by atoms with Crippen molar-refractivity contribution in [1.82, 2.24) is 9.13 Å². The van der Waals surface area contributed by atoms with Crippen LogP contribution in [-0.4, -0.2) is 15.2 Å². The molecule has 1 aliphatic carbocycles. The van der Waals surface area contributed by atoms with Gasteiger partial charge in [-0.2, -0.15) is 0 Å². The van der Waals surface area contributed by atoms with Gasteiger partial charge < -0.3 is 18.5 Å². The van der Waals surface area contributed by atoms with Gasteiger partial charge >= 0.3 is 0 Å². The van der Waals surface area contributed by atoms with Gasteiger partial charge in [-0.25, -0.2) is 0 Å². The average Bonchev–Trinajstić information content (AvgIpc) is 4.10.